The highest BCUT2D eigenvalue weighted by atomic mass is 15.1. The zero-order valence-electron chi connectivity index (χ0n) is 9.96. The van der Waals surface area contributed by atoms with Crippen LogP contribution in [0.1, 0.15) is 38.5 Å². The molecule has 0 aliphatic heterocycles. The van der Waals surface area contributed by atoms with Gasteiger partial charge in [0, 0.05) is 26.2 Å². The normalized spacial score (nSPS) is 18.6. The monoisotopic (exact) mass is 213 g/mol. The Bertz CT molecular complexity index is 138. The van der Waals surface area contributed by atoms with E-state index in [0.717, 1.165) is 32.1 Å². The van der Waals surface area contributed by atoms with Gasteiger partial charge in [0.05, 0.1) is 0 Å². The van der Waals surface area contributed by atoms with Crippen LogP contribution in [0.4, 0.5) is 0 Å². The van der Waals surface area contributed by atoms with Gasteiger partial charge in [-0.1, -0.05) is 32.1 Å². The lowest BCUT2D eigenvalue weighted by atomic mass is 9.87. The number of hydrogen-bond donors (Lipinski definition) is 2. The van der Waals surface area contributed by atoms with Crippen LogP contribution in [0.25, 0.3) is 0 Å². The lowest BCUT2D eigenvalue weighted by molar-refractivity contribution is 0.240. The molecule has 1 fully saturated rings. The molecule has 4 N–H and O–H groups in total. The van der Waals surface area contributed by atoms with E-state index in [1.165, 1.54) is 45.1 Å². The van der Waals surface area contributed by atoms with Crippen molar-refractivity contribution >= 4 is 0 Å². The van der Waals surface area contributed by atoms with Crippen LogP contribution in [0.2, 0.25) is 0 Å². The predicted octanol–water partition coefficient (Wildman–Crippen LogP) is 1.18. The third kappa shape index (κ3) is 5.50. The first kappa shape index (κ1) is 12.9. The van der Waals surface area contributed by atoms with Gasteiger partial charge in [-0.2, -0.15) is 0 Å². The van der Waals surface area contributed by atoms with Crippen molar-refractivity contribution < 1.29 is 0 Å². The molecule has 0 aromatic rings. The summed E-state index contributed by atoms with van der Waals surface area (Å²) in [4.78, 5) is 2.41. The van der Waals surface area contributed by atoms with Crippen LogP contribution in [0.15, 0.2) is 0 Å². The fraction of sp³-hybridized carbons (Fsp3) is 1.00. The first-order chi connectivity index (χ1) is 7.36. The quantitative estimate of drug-likeness (QED) is 0.667. The van der Waals surface area contributed by atoms with Crippen molar-refractivity contribution in [2.75, 3.05) is 32.7 Å². The topological polar surface area (TPSA) is 55.3 Å². The minimum absolute atomic E-state index is 0.755. The Morgan fingerprint density at radius 1 is 0.867 bits per heavy atom. The van der Waals surface area contributed by atoms with Gasteiger partial charge in [0.15, 0.2) is 0 Å². The van der Waals surface area contributed by atoms with Crippen molar-refractivity contribution in [2.45, 2.75) is 38.5 Å². The second-order valence-corrected chi connectivity index (χ2v) is 4.71. The highest BCUT2D eigenvalue weighted by Gasteiger charge is 2.14. The molecule has 0 saturated heterocycles. The first-order valence-electron chi connectivity index (χ1n) is 6.49. The molecule has 0 radical (unpaired) electrons. The van der Waals surface area contributed by atoms with Crippen LogP contribution < -0.4 is 11.5 Å². The second kappa shape index (κ2) is 8.08. The molecule has 1 rings (SSSR count). The number of nitrogens with two attached hydrogens (primary N) is 2. The fourth-order valence-electron chi connectivity index (χ4n) is 2.54. The smallest absolute Gasteiger partial charge is 0.0105 e. The highest BCUT2D eigenvalue weighted by Crippen LogP contribution is 2.26. The zero-order chi connectivity index (χ0) is 10.9. The molecule has 0 amide bonds. The van der Waals surface area contributed by atoms with E-state index in [0.29, 0.717) is 0 Å². The molecule has 1 aliphatic rings. The minimum atomic E-state index is 0.755. The molecule has 0 atom stereocenters. The summed E-state index contributed by atoms with van der Waals surface area (Å²) in [6, 6.07) is 0. The summed E-state index contributed by atoms with van der Waals surface area (Å²) in [6.07, 6.45) is 8.57. The standard InChI is InChI=1S/C12H27N3/c13-7-10-15(11-8-14)9-6-12-4-2-1-3-5-12/h12H,1-11,13-14H2. The average molecular weight is 213 g/mol. The summed E-state index contributed by atoms with van der Waals surface area (Å²) in [6.45, 7) is 4.71. The summed E-state index contributed by atoms with van der Waals surface area (Å²) in [5, 5.41) is 0. The number of nitrogens with zero attached hydrogens (tertiary/aromatic N) is 1. The van der Waals surface area contributed by atoms with E-state index >= 15 is 0 Å². The Morgan fingerprint density at radius 2 is 1.47 bits per heavy atom. The minimum Gasteiger partial charge on any atom is -0.329 e. The Hall–Kier alpha value is -0.120. The SMILES string of the molecule is NCCN(CCN)CCC1CCCCC1. The average Bonchev–Trinajstić information content (AvgIpc) is 2.28. The van der Waals surface area contributed by atoms with Gasteiger partial charge in [0.25, 0.3) is 0 Å². The predicted molar refractivity (Wildman–Crippen MR) is 65.7 cm³/mol. The molecule has 0 heterocycles. The molecule has 1 saturated carbocycles. The van der Waals surface area contributed by atoms with Crippen molar-refractivity contribution in [1.82, 2.24) is 4.90 Å². The molecule has 3 heteroatoms. The Labute approximate surface area is 94.2 Å². The van der Waals surface area contributed by atoms with E-state index in [2.05, 4.69) is 4.90 Å². The van der Waals surface area contributed by atoms with E-state index in [9.17, 15) is 0 Å². The van der Waals surface area contributed by atoms with Crippen molar-refractivity contribution in [3.05, 3.63) is 0 Å². The van der Waals surface area contributed by atoms with Crippen LogP contribution in [-0.2, 0) is 0 Å². The summed E-state index contributed by atoms with van der Waals surface area (Å²) >= 11 is 0. The maximum atomic E-state index is 5.59. The largest absolute Gasteiger partial charge is 0.329 e. The summed E-state index contributed by atoms with van der Waals surface area (Å²) in [5.74, 6) is 0.969. The summed E-state index contributed by atoms with van der Waals surface area (Å²) in [5.41, 5.74) is 11.2. The van der Waals surface area contributed by atoms with Gasteiger partial charge in [-0.3, -0.25) is 0 Å². The van der Waals surface area contributed by atoms with Crippen molar-refractivity contribution in [3.8, 4) is 0 Å². The molecule has 0 bridgehead atoms. The van der Waals surface area contributed by atoms with Crippen molar-refractivity contribution in [3.63, 3.8) is 0 Å². The Balaban J connectivity index is 2.13. The number of hydrogen-bond acceptors (Lipinski definition) is 3. The lowest BCUT2D eigenvalue weighted by Crippen LogP contribution is -2.35. The van der Waals surface area contributed by atoms with Gasteiger partial charge in [-0.05, 0) is 18.9 Å². The van der Waals surface area contributed by atoms with Crippen molar-refractivity contribution in [2.24, 2.45) is 17.4 Å². The molecule has 0 aromatic carbocycles. The third-order valence-electron chi connectivity index (χ3n) is 3.47. The molecule has 0 aromatic heterocycles. The fourth-order valence-corrected chi connectivity index (χ4v) is 2.54. The van der Waals surface area contributed by atoms with Crippen LogP contribution in [0, 0.1) is 5.92 Å². The van der Waals surface area contributed by atoms with E-state index < -0.39 is 0 Å². The maximum absolute atomic E-state index is 5.59. The van der Waals surface area contributed by atoms with Gasteiger partial charge in [-0.15, -0.1) is 0 Å². The van der Waals surface area contributed by atoms with Crippen LogP contribution >= 0.6 is 0 Å². The summed E-state index contributed by atoms with van der Waals surface area (Å²) in [7, 11) is 0. The Morgan fingerprint density at radius 3 is 2.00 bits per heavy atom. The van der Waals surface area contributed by atoms with Gasteiger partial charge in [0.2, 0.25) is 0 Å². The van der Waals surface area contributed by atoms with Crippen LogP contribution in [-0.4, -0.2) is 37.6 Å². The van der Waals surface area contributed by atoms with E-state index in [1.54, 1.807) is 0 Å². The molecule has 1 aliphatic carbocycles. The van der Waals surface area contributed by atoms with E-state index in [-0.39, 0.29) is 0 Å². The molecule has 0 unspecified atom stereocenters. The Kier molecular flexibility index (Phi) is 6.98. The molecular formula is C12H27N3. The van der Waals surface area contributed by atoms with Gasteiger partial charge >= 0.3 is 0 Å². The van der Waals surface area contributed by atoms with E-state index in [4.69, 9.17) is 11.5 Å². The first-order valence-corrected chi connectivity index (χ1v) is 6.49. The van der Waals surface area contributed by atoms with Gasteiger partial charge in [0.1, 0.15) is 0 Å². The molecule has 3 nitrogen and oxygen atoms in total. The molecule has 15 heavy (non-hydrogen) atoms. The van der Waals surface area contributed by atoms with Gasteiger partial charge in [-0.25, -0.2) is 0 Å². The molecule has 0 spiro atoms. The summed E-state index contributed by atoms with van der Waals surface area (Å²) < 4.78 is 0. The molecule has 90 valence electrons. The van der Waals surface area contributed by atoms with Crippen LogP contribution in [0.3, 0.4) is 0 Å². The number of rotatable bonds is 7. The maximum Gasteiger partial charge on any atom is 0.0105 e. The van der Waals surface area contributed by atoms with Crippen molar-refractivity contribution in [1.29, 1.82) is 0 Å². The molecular weight excluding hydrogens is 186 g/mol. The van der Waals surface area contributed by atoms with E-state index in [1.807, 2.05) is 0 Å². The third-order valence-corrected chi connectivity index (χ3v) is 3.47. The second-order valence-electron chi connectivity index (χ2n) is 4.71. The zero-order valence-corrected chi connectivity index (χ0v) is 9.96. The highest BCUT2D eigenvalue weighted by molar-refractivity contribution is 4.68. The van der Waals surface area contributed by atoms with Crippen LogP contribution in [0.5, 0.6) is 0 Å². The van der Waals surface area contributed by atoms with Gasteiger partial charge < -0.3 is 16.4 Å². The lowest BCUT2D eigenvalue weighted by Gasteiger charge is -2.26.